The molecule has 2 bridgehead atoms. The zero-order valence-corrected chi connectivity index (χ0v) is 11.1. The van der Waals surface area contributed by atoms with Gasteiger partial charge in [-0.3, -0.25) is 0 Å². The standard InChI is InChI=1S/C18H16O2/c19-9-15-16(10-20)18-12-6-2-1-5-11(12)17(15)13-7-3-4-8-14(13)18/h1-8,15-16,19-20H,9-10H2/t15-,16-/m1/s1. The average Bonchev–Trinajstić information content (AvgIpc) is 2.53. The number of benzene rings is 3. The fraction of sp³-hybridized carbons (Fsp3) is 0.222. The number of rotatable bonds is 2. The molecule has 0 unspecified atom stereocenters. The van der Waals surface area contributed by atoms with Crippen LogP contribution in [0.5, 0.6) is 0 Å². The average molecular weight is 264 g/mol. The Bertz CT molecular complexity index is 682. The van der Waals surface area contributed by atoms with E-state index in [9.17, 15) is 10.2 Å². The van der Waals surface area contributed by atoms with Crippen LogP contribution in [0.25, 0.3) is 21.5 Å². The summed E-state index contributed by atoms with van der Waals surface area (Å²) in [6, 6.07) is 16.6. The third-order valence-corrected chi connectivity index (χ3v) is 4.64. The van der Waals surface area contributed by atoms with E-state index >= 15 is 0 Å². The van der Waals surface area contributed by atoms with Gasteiger partial charge in [-0.15, -0.1) is 0 Å². The predicted molar refractivity (Wildman–Crippen MR) is 81.1 cm³/mol. The van der Waals surface area contributed by atoms with Crippen LogP contribution in [0.3, 0.4) is 0 Å². The van der Waals surface area contributed by atoms with E-state index in [-0.39, 0.29) is 25.0 Å². The lowest BCUT2D eigenvalue weighted by Crippen LogP contribution is -2.24. The maximum Gasteiger partial charge on any atom is 0.0506 e. The smallest absolute Gasteiger partial charge is 0.0506 e. The largest absolute Gasteiger partial charge is 0.396 e. The lowest BCUT2D eigenvalue weighted by atomic mass is 9.69. The van der Waals surface area contributed by atoms with Gasteiger partial charge in [0, 0.05) is 11.8 Å². The Kier molecular flexibility index (Phi) is 2.56. The van der Waals surface area contributed by atoms with Crippen LogP contribution in [0, 0.1) is 0 Å². The zero-order valence-electron chi connectivity index (χ0n) is 11.1. The number of hydrogen-bond donors (Lipinski definition) is 2. The van der Waals surface area contributed by atoms with Gasteiger partial charge in [0.1, 0.15) is 0 Å². The van der Waals surface area contributed by atoms with Gasteiger partial charge in [-0.1, -0.05) is 48.5 Å². The highest BCUT2D eigenvalue weighted by atomic mass is 16.3. The molecule has 2 atom stereocenters. The Morgan fingerprint density at radius 3 is 1.15 bits per heavy atom. The first-order chi connectivity index (χ1) is 9.86. The van der Waals surface area contributed by atoms with Gasteiger partial charge in [-0.05, 0) is 32.7 Å². The normalized spacial score (nSPS) is 20.9. The molecule has 5 rings (SSSR count). The Morgan fingerprint density at radius 1 is 0.600 bits per heavy atom. The fourth-order valence-electron chi connectivity index (χ4n) is 3.83. The van der Waals surface area contributed by atoms with Crippen LogP contribution in [0.2, 0.25) is 0 Å². The van der Waals surface area contributed by atoms with E-state index in [1.807, 2.05) is 24.3 Å². The van der Waals surface area contributed by atoms with Crippen LogP contribution >= 0.6 is 0 Å². The van der Waals surface area contributed by atoms with Crippen LogP contribution in [0.4, 0.5) is 0 Å². The summed E-state index contributed by atoms with van der Waals surface area (Å²) in [5.41, 5.74) is 2.38. The van der Waals surface area contributed by atoms with Crippen molar-refractivity contribution in [3.05, 3.63) is 59.7 Å². The highest BCUT2D eigenvalue weighted by molar-refractivity contribution is 6.08. The molecule has 3 aromatic carbocycles. The molecule has 0 saturated heterocycles. The van der Waals surface area contributed by atoms with E-state index in [4.69, 9.17) is 0 Å². The van der Waals surface area contributed by atoms with Gasteiger partial charge in [0.05, 0.1) is 13.2 Å². The second kappa shape index (κ2) is 4.30. The molecular weight excluding hydrogens is 248 g/mol. The van der Waals surface area contributed by atoms with Crippen molar-refractivity contribution in [1.29, 1.82) is 0 Å². The molecule has 20 heavy (non-hydrogen) atoms. The van der Waals surface area contributed by atoms with Crippen LogP contribution in [0.15, 0.2) is 48.5 Å². The molecule has 0 saturated carbocycles. The van der Waals surface area contributed by atoms with Gasteiger partial charge in [-0.2, -0.15) is 0 Å². The van der Waals surface area contributed by atoms with Gasteiger partial charge in [0.25, 0.3) is 0 Å². The monoisotopic (exact) mass is 264 g/mol. The Labute approximate surface area is 117 Å². The summed E-state index contributed by atoms with van der Waals surface area (Å²) in [6.07, 6.45) is 0. The molecule has 0 aliphatic heterocycles. The Hall–Kier alpha value is -1.90. The molecule has 2 heteroatoms. The van der Waals surface area contributed by atoms with Gasteiger partial charge >= 0.3 is 0 Å². The fourth-order valence-corrected chi connectivity index (χ4v) is 3.83. The summed E-state index contributed by atoms with van der Waals surface area (Å²) in [5, 5.41) is 24.5. The van der Waals surface area contributed by atoms with Crippen molar-refractivity contribution in [3.63, 3.8) is 0 Å². The lowest BCUT2D eigenvalue weighted by Gasteiger charge is -2.35. The van der Waals surface area contributed by atoms with Gasteiger partial charge in [-0.25, -0.2) is 0 Å². The minimum atomic E-state index is -0.000185. The highest BCUT2D eigenvalue weighted by Gasteiger charge is 2.35. The van der Waals surface area contributed by atoms with Crippen molar-refractivity contribution in [2.24, 2.45) is 0 Å². The van der Waals surface area contributed by atoms with E-state index in [0.717, 1.165) is 0 Å². The zero-order chi connectivity index (χ0) is 13.7. The van der Waals surface area contributed by atoms with Crippen molar-refractivity contribution in [2.75, 3.05) is 13.2 Å². The molecule has 0 heterocycles. The van der Waals surface area contributed by atoms with Gasteiger partial charge in [0.15, 0.2) is 0 Å². The summed E-state index contributed by atoms with van der Waals surface area (Å²) >= 11 is 0. The van der Waals surface area contributed by atoms with Crippen molar-refractivity contribution in [3.8, 4) is 0 Å². The molecule has 2 aliphatic rings. The van der Waals surface area contributed by atoms with E-state index in [2.05, 4.69) is 24.3 Å². The summed E-state index contributed by atoms with van der Waals surface area (Å²) < 4.78 is 0. The Balaban J connectivity index is 2.27. The maximum atomic E-state index is 9.82. The summed E-state index contributed by atoms with van der Waals surface area (Å²) in [6.45, 7) is 0.152. The van der Waals surface area contributed by atoms with Crippen LogP contribution in [-0.4, -0.2) is 23.4 Å². The molecular formula is C18H16O2. The molecule has 3 aromatic rings. The molecule has 2 nitrogen and oxygen atoms in total. The summed E-state index contributed by atoms with van der Waals surface area (Å²) in [4.78, 5) is 0. The van der Waals surface area contributed by atoms with E-state index in [0.29, 0.717) is 0 Å². The Morgan fingerprint density at radius 2 is 0.900 bits per heavy atom. The molecule has 2 N–H and O–H groups in total. The molecule has 0 amide bonds. The third-order valence-electron chi connectivity index (χ3n) is 4.64. The SMILES string of the molecule is OC[C@H]1c2c3ccccc3c(c3ccccc23)[C@@H]1CO. The van der Waals surface area contributed by atoms with Crippen LogP contribution in [-0.2, 0) is 0 Å². The molecule has 0 radical (unpaired) electrons. The van der Waals surface area contributed by atoms with E-state index < -0.39 is 0 Å². The molecule has 0 fully saturated rings. The quantitative estimate of drug-likeness (QED) is 0.698. The van der Waals surface area contributed by atoms with Gasteiger partial charge in [0.2, 0.25) is 0 Å². The number of hydrogen-bond acceptors (Lipinski definition) is 2. The number of fused-ring (bicyclic) bond motifs is 1. The van der Waals surface area contributed by atoms with Crippen molar-refractivity contribution in [2.45, 2.75) is 11.8 Å². The van der Waals surface area contributed by atoms with Gasteiger partial charge < -0.3 is 10.2 Å². The summed E-state index contributed by atoms with van der Waals surface area (Å²) in [5.74, 6) is -0.000370. The highest BCUT2D eigenvalue weighted by Crippen LogP contribution is 2.50. The first-order valence-corrected chi connectivity index (χ1v) is 7.01. The minimum Gasteiger partial charge on any atom is -0.396 e. The van der Waals surface area contributed by atoms with Crippen LogP contribution in [0.1, 0.15) is 23.0 Å². The maximum absolute atomic E-state index is 9.82. The van der Waals surface area contributed by atoms with E-state index in [1.165, 1.54) is 32.7 Å². The first-order valence-electron chi connectivity index (χ1n) is 7.01. The molecule has 100 valence electrons. The van der Waals surface area contributed by atoms with E-state index in [1.54, 1.807) is 0 Å². The predicted octanol–water partition coefficient (Wildman–Crippen LogP) is 3.16. The third kappa shape index (κ3) is 1.35. The number of aliphatic hydroxyl groups excluding tert-OH is 2. The topological polar surface area (TPSA) is 40.5 Å². The molecule has 0 spiro atoms. The molecule has 0 aromatic heterocycles. The summed E-state index contributed by atoms with van der Waals surface area (Å²) in [7, 11) is 0. The van der Waals surface area contributed by atoms with Crippen molar-refractivity contribution >= 4 is 21.5 Å². The molecule has 2 aliphatic carbocycles. The number of aliphatic hydroxyl groups is 2. The lowest BCUT2D eigenvalue weighted by molar-refractivity contribution is 0.197. The first kappa shape index (κ1) is 11.9. The van der Waals surface area contributed by atoms with Crippen molar-refractivity contribution < 1.29 is 10.2 Å². The van der Waals surface area contributed by atoms with Crippen LogP contribution < -0.4 is 0 Å². The second-order valence-electron chi connectivity index (χ2n) is 5.50. The minimum absolute atomic E-state index is 0.000185. The van der Waals surface area contributed by atoms with Crippen molar-refractivity contribution in [1.82, 2.24) is 0 Å². The second-order valence-corrected chi connectivity index (χ2v) is 5.50.